The average molecular weight is 459 g/mol. The summed E-state index contributed by atoms with van der Waals surface area (Å²) in [6, 6.07) is 13.9. The van der Waals surface area contributed by atoms with Crippen LogP contribution in [0.4, 0.5) is 10.1 Å². The number of rotatable bonds is 7. The number of nitrogens with one attached hydrogen (secondary N) is 1. The van der Waals surface area contributed by atoms with Crippen molar-refractivity contribution in [3.8, 4) is 10.8 Å². The minimum Gasteiger partial charge on any atom is -0.452 e. The number of aromatic nitrogens is 2. The second kappa shape index (κ2) is 8.66. The summed E-state index contributed by atoms with van der Waals surface area (Å²) in [5.74, 6) is -0.936. The number of sulfonamides is 1. The van der Waals surface area contributed by atoms with Crippen LogP contribution >= 0.6 is 11.3 Å². The van der Waals surface area contributed by atoms with Gasteiger partial charge in [-0.3, -0.25) is 4.72 Å². The third kappa shape index (κ3) is 4.78. The summed E-state index contributed by atoms with van der Waals surface area (Å²) in [7, 11) is -4.04. The molecule has 2 aromatic heterocycles. The van der Waals surface area contributed by atoms with Crippen LogP contribution in [0.2, 0.25) is 0 Å². The van der Waals surface area contributed by atoms with Crippen LogP contribution in [0.3, 0.4) is 0 Å². The Morgan fingerprint density at radius 1 is 1.06 bits per heavy atom. The van der Waals surface area contributed by atoms with Crippen LogP contribution in [0.1, 0.15) is 16.2 Å². The van der Waals surface area contributed by atoms with Crippen molar-refractivity contribution < 1.29 is 26.8 Å². The molecule has 4 rings (SSSR count). The molecule has 0 radical (unpaired) electrons. The van der Waals surface area contributed by atoms with E-state index < -0.39 is 21.8 Å². The first kappa shape index (κ1) is 20.7. The highest BCUT2D eigenvalue weighted by Gasteiger charge is 2.20. The highest BCUT2D eigenvalue weighted by atomic mass is 32.2. The lowest BCUT2D eigenvalue weighted by atomic mass is 10.2. The van der Waals surface area contributed by atoms with Crippen LogP contribution in [0.25, 0.3) is 10.8 Å². The highest BCUT2D eigenvalue weighted by molar-refractivity contribution is 7.92. The monoisotopic (exact) mass is 459 g/mol. The van der Waals surface area contributed by atoms with Crippen molar-refractivity contribution in [2.24, 2.45) is 0 Å². The van der Waals surface area contributed by atoms with Gasteiger partial charge in [-0.25, -0.2) is 17.6 Å². The number of hydrogen-bond acceptors (Lipinski definition) is 8. The molecule has 0 fully saturated rings. The number of nitrogens with zero attached hydrogens (tertiary/aromatic N) is 2. The molecule has 2 heterocycles. The van der Waals surface area contributed by atoms with Gasteiger partial charge in [0.1, 0.15) is 5.82 Å². The van der Waals surface area contributed by atoms with Gasteiger partial charge in [-0.15, -0.1) is 21.5 Å². The minimum absolute atomic E-state index is 0.00816. The summed E-state index contributed by atoms with van der Waals surface area (Å²) in [5, 5.41) is 9.60. The zero-order valence-corrected chi connectivity index (χ0v) is 17.3. The maximum Gasteiger partial charge on any atom is 0.340 e. The van der Waals surface area contributed by atoms with E-state index in [1.807, 2.05) is 17.5 Å². The first-order valence-electron chi connectivity index (χ1n) is 8.83. The number of esters is 1. The molecule has 158 valence electrons. The van der Waals surface area contributed by atoms with Gasteiger partial charge in [-0.1, -0.05) is 18.2 Å². The maximum atomic E-state index is 13.1. The number of hydrogen-bond donors (Lipinski definition) is 1. The molecule has 2 aromatic carbocycles. The first-order valence-corrected chi connectivity index (χ1v) is 11.2. The van der Waals surface area contributed by atoms with E-state index >= 15 is 0 Å². The molecule has 0 aliphatic heterocycles. The van der Waals surface area contributed by atoms with Gasteiger partial charge in [-0.2, -0.15) is 0 Å². The normalized spacial score (nSPS) is 11.3. The number of para-hydroxylation sites is 1. The summed E-state index contributed by atoms with van der Waals surface area (Å²) in [4.78, 5) is 13.2. The lowest BCUT2D eigenvalue weighted by Gasteiger charge is -2.12. The second-order valence-corrected chi connectivity index (χ2v) is 8.79. The van der Waals surface area contributed by atoms with Crippen LogP contribution in [0, 0.1) is 5.82 Å². The summed E-state index contributed by atoms with van der Waals surface area (Å²) < 4.78 is 51.2. The molecule has 0 saturated carbocycles. The molecule has 0 amide bonds. The van der Waals surface area contributed by atoms with Crippen LogP contribution in [-0.2, 0) is 21.4 Å². The fourth-order valence-electron chi connectivity index (χ4n) is 2.58. The fourth-order valence-corrected chi connectivity index (χ4v) is 4.31. The summed E-state index contributed by atoms with van der Waals surface area (Å²) >= 11 is 1.43. The van der Waals surface area contributed by atoms with Crippen molar-refractivity contribution in [1.82, 2.24) is 10.2 Å². The third-order valence-electron chi connectivity index (χ3n) is 4.04. The SMILES string of the molecule is O=C(OCc1nnc(-c2cccs2)o1)c1ccccc1NS(=O)(=O)c1ccc(F)cc1. The predicted octanol–water partition coefficient (Wildman–Crippen LogP) is 4.10. The van der Waals surface area contributed by atoms with Crippen molar-refractivity contribution >= 4 is 33.0 Å². The van der Waals surface area contributed by atoms with Gasteiger partial charge < -0.3 is 9.15 Å². The number of benzene rings is 2. The fraction of sp³-hybridized carbons (Fsp3) is 0.0500. The Morgan fingerprint density at radius 3 is 2.58 bits per heavy atom. The number of ether oxygens (including phenoxy) is 1. The molecule has 0 aliphatic rings. The third-order valence-corrected chi connectivity index (χ3v) is 6.28. The van der Waals surface area contributed by atoms with E-state index in [0.29, 0.717) is 5.89 Å². The number of carbonyl (C=O) groups excluding carboxylic acids is 1. The average Bonchev–Trinajstić information content (AvgIpc) is 3.44. The van der Waals surface area contributed by atoms with Crippen molar-refractivity contribution in [3.63, 3.8) is 0 Å². The Morgan fingerprint density at radius 2 is 1.84 bits per heavy atom. The summed E-state index contributed by atoms with van der Waals surface area (Å²) in [5.41, 5.74) is 0.00723. The maximum absolute atomic E-state index is 13.1. The number of carbonyl (C=O) groups is 1. The van der Waals surface area contributed by atoms with E-state index in [0.717, 1.165) is 29.1 Å². The van der Waals surface area contributed by atoms with Crippen LogP contribution in [0.15, 0.2) is 75.4 Å². The summed E-state index contributed by atoms with van der Waals surface area (Å²) in [6.07, 6.45) is 0. The zero-order valence-electron chi connectivity index (χ0n) is 15.7. The Hall–Kier alpha value is -3.57. The van der Waals surface area contributed by atoms with Gasteiger partial charge in [0.25, 0.3) is 21.8 Å². The molecule has 11 heteroatoms. The molecule has 4 aromatic rings. The van der Waals surface area contributed by atoms with Crippen LogP contribution < -0.4 is 4.72 Å². The van der Waals surface area contributed by atoms with Crippen LogP contribution in [0.5, 0.6) is 0 Å². The quantitative estimate of drug-likeness (QED) is 0.414. The number of anilines is 1. The van der Waals surface area contributed by atoms with Gasteiger partial charge >= 0.3 is 5.97 Å². The van der Waals surface area contributed by atoms with Crippen molar-refractivity contribution in [1.29, 1.82) is 0 Å². The molecule has 0 unspecified atom stereocenters. The molecule has 31 heavy (non-hydrogen) atoms. The molecule has 8 nitrogen and oxygen atoms in total. The second-order valence-electron chi connectivity index (χ2n) is 6.16. The topological polar surface area (TPSA) is 111 Å². The number of halogens is 1. The Kier molecular flexibility index (Phi) is 5.78. The van der Waals surface area contributed by atoms with Crippen LogP contribution in [-0.4, -0.2) is 24.6 Å². The largest absolute Gasteiger partial charge is 0.452 e. The van der Waals surface area contributed by atoms with Gasteiger partial charge in [0.2, 0.25) is 0 Å². The molecule has 0 spiro atoms. The standard InChI is InChI=1S/C20H14FN3O5S2/c21-13-7-9-14(10-8-13)31(26,27)24-16-5-2-1-4-15(16)20(25)28-12-18-22-23-19(29-18)17-6-3-11-30-17/h1-11,24H,12H2. The van der Waals surface area contributed by atoms with E-state index in [9.17, 15) is 17.6 Å². The van der Waals surface area contributed by atoms with Gasteiger partial charge in [0, 0.05) is 0 Å². The van der Waals surface area contributed by atoms with E-state index in [1.165, 1.54) is 23.5 Å². The zero-order chi connectivity index (χ0) is 21.8. The Balaban J connectivity index is 1.47. The van der Waals surface area contributed by atoms with Gasteiger partial charge in [0.15, 0.2) is 6.61 Å². The lowest BCUT2D eigenvalue weighted by molar-refractivity contribution is 0.0440. The van der Waals surface area contributed by atoms with E-state index in [-0.39, 0.29) is 28.6 Å². The van der Waals surface area contributed by atoms with E-state index in [1.54, 1.807) is 12.1 Å². The molecule has 0 bridgehead atoms. The molecule has 0 aliphatic carbocycles. The molecule has 0 atom stereocenters. The minimum atomic E-state index is -4.04. The van der Waals surface area contributed by atoms with Crippen molar-refractivity contribution in [3.05, 3.63) is 83.3 Å². The first-order chi connectivity index (χ1) is 14.9. The smallest absolute Gasteiger partial charge is 0.340 e. The predicted molar refractivity (Wildman–Crippen MR) is 110 cm³/mol. The lowest BCUT2D eigenvalue weighted by Crippen LogP contribution is -2.16. The van der Waals surface area contributed by atoms with Crippen molar-refractivity contribution in [2.45, 2.75) is 11.5 Å². The van der Waals surface area contributed by atoms with E-state index in [2.05, 4.69) is 14.9 Å². The Labute approximate surface area is 180 Å². The number of thiophene rings is 1. The van der Waals surface area contributed by atoms with E-state index in [4.69, 9.17) is 9.15 Å². The van der Waals surface area contributed by atoms with Gasteiger partial charge in [0.05, 0.1) is 21.0 Å². The summed E-state index contributed by atoms with van der Waals surface area (Å²) in [6.45, 7) is -0.281. The molecular weight excluding hydrogens is 445 g/mol. The molecule has 0 saturated heterocycles. The van der Waals surface area contributed by atoms with Gasteiger partial charge in [-0.05, 0) is 47.8 Å². The Bertz CT molecular complexity index is 1300. The van der Waals surface area contributed by atoms with Crippen molar-refractivity contribution in [2.75, 3.05) is 4.72 Å². The molecule has 1 N–H and O–H groups in total. The molecular formula is C20H14FN3O5S2. The highest BCUT2D eigenvalue weighted by Crippen LogP contribution is 2.24.